The van der Waals surface area contributed by atoms with Crippen LogP contribution in [0.5, 0.6) is 0 Å². The Kier molecular flexibility index (Phi) is 6.39. The lowest BCUT2D eigenvalue weighted by atomic mass is 10.1. The van der Waals surface area contributed by atoms with Gasteiger partial charge in [-0.05, 0) is 24.1 Å². The lowest BCUT2D eigenvalue weighted by Crippen LogP contribution is -2.28. The van der Waals surface area contributed by atoms with E-state index in [-0.39, 0.29) is 18.2 Å². The first-order valence-electron chi connectivity index (χ1n) is 6.74. The number of anilines is 1. The Hall–Kier alpha value is -2.37. The average Bonchev–Trinajstić information content (AvgIpc) is 2.40. The molecule has 1 rings (SSSR count). The van der Waals surface area contributed by atoms with Crippen molar-refractivity contribution in [3.05, 3.63) is 29.8 Å². The fourth-order valence-electron chi connectivity index (χ4n) is 1.71. The molecular weight excluding hydrogens is 272 g/mol. The van der Waals surface area contributed by atoms with Gasteiger partial charge in [0.2, 0.25) is 11.8 Å². The molecule has 0 bridgehead atoms. The molecule has 1 aromatic carbocycles. The Labute approximate surface area is 123 Å². The summed E-state index contributed by atoms with van der Waals surface area (Å²) in [5, 5.41) is 14.1. The zero-order valence-corrected chi connectivity index (χ0v) is 12.2. The van der Waals surface area contributed by atoms with E-state index in [1.54, 1.807) is 31.2 Å². The van der Waals surface area contributed by atoms with Gasteiger partial charge >= 0.3 is 5.97 Å². The van der Waals surface area contributed by atoms with E-state index in [2.05, 4.69) is 10.6 Å². The van der Waals surface area contributed by atoms with Gasteiger partial charge in [-0.2, -0.15) is 0 Å². The van der Waals surface area contributed by atoms with Crippen molar-refractivity contribution in [1.82, 2.24) is 5.32 Å². The van der Waals surface area contributed by atoms with Crippen LogP contribution in [0.25, 0.3) is 0 Å². The number of carboxylic acid groups (broad SMARTS) is 1. The summed E-state index contributed by atoms with van der Waals surface area (Å²) in [6.45, 7) is 3.38. The maximum Gasteiger partial charge on any atom is 0.306 e. The lowest BCUT2D eigenvalue weighted by molar-refractivity contribution is -0.141. The van der Waals surface area contributed by atoms with Crippen molar-refractivity contribution in [3.63, 3.8) is 0 Å². The molecule has 0 spiro atoms. The Morgan fingerprint density at radius 3 is 2.33 bits per heavy atom. The average molecular weight is 292 g/mol. The van der Waals surface area contributed by atoms with Crippen LogP contribution >= 0.6 is 0 Å². The van der Waals surface area contributed by atoms with Gasteiger partial charge in [0.05, 0.1) is 12.3 Å². The van der Waals surface area contributed by atoms with Gasteiger partial charge < -0.3 is 15.7 Å². The zero-order chi connectivity index (χ0) is 15.8. The predicted octanol–water partition coefficient (Wildman–Crippen LogP) is 1.41. The van der Waals surface area contributed by atoms with Crippen molar-refractivity contribution in [2.75, 3.05) is 11.9 Å². The number of rotatable bonds is 7. The van der Waals surface area contributed by atoms with Gasteiger partial charge in [-0.1, -0.05) is 19.1 Å². The van der Waals surface area contributed by atoms with Crippen molar-refractivity contribution in [1.29, 1.82) is 0 Å². The molecule has 6 heteroatoms. The Morgan fingerprint density at radius 2 is 1.81 bits per heavy atom. The summed E-state index contributed by atoms with van der Waals surface area (Å²) in [5.74, 6) is -1.63. The number of nitrogens with one attached hydrogen (secondary N) is 2. The molecule has 0 aliphatic rings. The topological polar surface area (TPSA) is 95.5 Å². The van der Waals surface area contributed by atoms with Crippen molar-refractivity contribution in [2.45, 2.75) is 26.7 Å². The third-order valence-corrected chi connectivity index (χ3v) is 2.96. The van der Waals surface area contributed by atoms with Gasteiger partial charge in [-0.3, -0.25) is 14.4 Å². The standard InChI is InChI=1S/C15H20N2O4/c1-10(15(20)21)7-8-16-14(19)9-12-3-5-13(6-4-12)17-11(2)18/h3-6,10H,7-9H2,1-2H3,(H,16,19)(H,17,18)(H,20,21). The molecule has 114 valence electrons. The van der Waals surface area contributed by atoms with Crippen molar-refractivity contribution >= 4 is 23.5 Å². The zero-order valence-electron chi connectivity index (χ0n) is 12.2. The first-order chi connectivity index (χ1) is 9.88. The molecule has 0 radical (unpaired) electrons. The summed E-state index contributed by atoms with van der Waals surface area (Å²) < 4.78 is 0. The molecule has 1 unspecified atom stereocenters. The Balaban J connectivity index is 2.37. The summed E-state index contributed by atoms with van der Waals surface area (Å²) in [4.78, 5) is 33.2. The van der Waals surface area contributed by atoms with Gasteiger partial charge in [-0.15, -0.1) is 0 Å². The molecule has 3 N–H and O–H groups in total. The number of carbonyl (C=O) groups is 3. The first-order valence-corrected chi connectivity index (χ1v) is 6.74. The molecule has 0 aliphatic heterocycles. The molecule has 0 saturated heterocycles. The third kappa shape index (κ3) is 6.56. The van der Waals surface area contributed by atoms with E-state index in [0.29, 0.717) is 18.7 Å². The number of amides is 2. The van der Waals surface area contributed by atoms with E-state index >= 15 is 0 Å². The summed E-state index contributed by atoms with van der Waals surface area (Å²) in [6.07, 6.45) is 0.629. The van der Waals surface area contributed by atoms with Gasteiger partial charge in [0.1, 0.15) is 0 Å². The smallest absolute Gasteiger partial charge is 0.306 e. The second-order valence-electron chi connectivity index (χ2n) is 4.93. The first kappa shape index (κ1) is 16.7. The second-order valence-corrected chi connectivity index (χ2v) is 4.93. The van der Waals surface area contributed by atoms with Crippen LogP contribution in [0.1, 0.15) is 25.8 Å². The molecule has 0 saturated carbocycles. The van der Waals surface area contributed by atoms with Crippen molar-refractivity contribution in [3.8, 4) is 0 Å². The van der Waals surface area contributed by atoms with Crippen molar-refractivity contribution < 1.29 is 19.5 Å². The number of benzene rings is 1. The van der Waals surface area contributed by atoms with Crippen LogP contribution in [0.4, 0.5) is 5.69 Å². The van der Waals surface area contributed by atoms with E-state index in [0.717, 1.165) is 5.56 Å². The highest BCUT2D eigenvalue weighted by molar-refractivity contribution is 5.88. The molecule has 0 aromatic heterocycles. The Morgan fingerprint density at radius 1 is 1.19 bits per heavy atom. The SMILES string of the molecule is CC(=O)Nc1ccc(CC(=O)NCCC(C)C(=O)O)cc1. The number of carbonyl (C=O) groups excluding carboxylic acids is 2. The highest BCUT2D eigenvalue weighted by Gasteiger charge is 2.11. The van der Waals surface area contributed by atoms with Gasteiger partial charge in [0, 0.05) is 19.2 Å². The lowest BCUT2D eigenvalue weighted by Gasteiger charge is -2.08. The minimum atomic E-state index is -0.863. The van der Waals surface area contributed by atoms with Gasteiger partial charge in [0.15, 0.2) is 0 Å². The largest absolute Gasteiger partial charge is 0.481 e. The number of carboxylic acids is 1. The third-order valence-electron chi connectivity index (χ3n) is 2.96. The summed E-state index contributed by atoms with van der Waals surface area (Å²) in [5.41, 5.74) is 1.51. The molecule has 0 aliphatic carbocycles. The van der Waals surface area contributed by atoms with E-state index in [1.807, 2.05) is 0 Å². The van der Waals surface area contributed by atoms with Crippen LogP contribution in [0.15, 0.2) is 24.3 Å². The van der Waals surface area contributed by atoms with E-state index in [1.165, 1.54) is 6.92 Å². The van der Waals surface area contributed by atoms with Crippen LogP contribution in [0.3, 0.4) is 0 Å². The molecular formula is C15H20N2O4. The highest BCUT2D eigenvalue weighted by atomic mass is 16.4. The summed E-state index contributed by atoms with van der Waals surface area (Å²) in [7, 11) is 0. The minimum absolute atomic E-state index is 0.145. The van der Waals surface area contributed by atoms with Gasteiger partial charge in [-0.25, -0.2) is 0 Å². The summed E-state index contributed by atoms with van der Waals surface area (Å²) >= 11 is 0. The molecule has 1 atom stereocenters. The maximum atomic E-state index is 11.7. The predicted molar refractivity (Wildman–Crippen MR) is 78.9 cm³/mol. The molecule has 21 heavy (non-hydrogen) atoms. The van der Waals surface area contributed by atoms with Crippen LogP contribution < -0.4 is 10.6 Å². The maximum absolute atomic E-state index is 11.7. The van der Waals surface area contributed by atoms with E-state index in [9.17, 15) is 14.4 Å². The second kappa shape index (κ2) is 8.04. The quantitative estimate of drug-likeness (QED) is 0.708. The van der Waals surface area contributed by atoms with Crippen LogP contribution in [0.2, 0.25) is 0 Å². The Bertz CT molecular complexity index is 511. The van der Waals surface area contributed by atoms with Gasteiger partial charge in [0.25, 0.3) is 0 Å². The fraction of sp³-hybridized carbons (Fsp3) is 0.400. The molecule has 1 aromatic rings. The van der Waals surface area contributed by atoms with Crippen LogP contribution in [-0.2, 0) is 20.8 Å². The molecule has 0 heterocycles. The number of hydrogen-bond acceptors (Lipinski definition) is 3. The van der Waals surface area contributed by atoms with Crippen molar-refractivity contribution in [2.24, 2.45) is 5.92 Å². The normalized spacial score (nSPS) is 11.5. The molecule has 0 fully saturated rings. The van der Waals surface area contributed by atoms with E-state index in [4.69, 9.17) is 5.11 Å². The molecule has 6 nitrogen and oxygen atoms in total. The molecule has 2 amide bonds. The minimum Gasteiger partial charge on any atom is -0.481 e. The van der Waals surface area contributed by atoms with E-state index < -0.39 is 11.9 Å². The highest BCUT2D eigenvalue weighted by Crippen LogP contribution is 2.10. The fourth-order valence-corrected chi connectivity index (χ4v) is 1.71. The monoisotopic (exact) mass is 292 g/mol. The van der Waals surface area contributed by atoms with Crippen LogP contribution in [-0.4, -0.2) is 29.4 Å². The number of hydrogen-bond donors (Lipinski definition) is 3. The number of aliphatic carboxylic acids is 1. The van der Waals surface area contributed by atoms with Crippen LogP contribution in [0, 0.1) is 5.92 Å². The summed E-state index contributed by atoms with van der Waals surface area (Å²) in [6, 6.07) is 7.00.